The number of benzene rings is 1. The summed E-state index contributed by atoms with van der Waals surface area (Å²) in [6.07, 6.45) is 11.2. The first kappa shape index (κ1) is 20.9. The number of ether oxygens (including phenoxy) is 1. The van der Waals surface area contributed by atoms with Crippen molar-refractivity contribution < 1.29 is 14.6 Å². The Labute approximate surface area is 185 Å². The fourth-order valence-electron chi connectivity index (χ4n) is 6.49. The van der Waals surface area contributed by atoms with E-state index in [-0.39, 0.29) is 5.92 Å². The fourth-order valence-corrected chi connectivity index (χ4v) is 6.49. The summed E-state index contributed by atoms with van der Waals surface area (Å²) in [5.41, 5.74) is 3.72. The molecule has 1 saturated heterocycles. The number of aromatic nitrogens is 1. The number of carboxylic acids is 1. The van der Waals surface area contributed by atoms with Gasteiger partial charge in [0.25, 0.3) is 0 Å². The van der Waals surface area contributed by atoms with Crippen molar-refractivity contribution in [1.29, 1.82) is 0 Å². The number of carboxylic acid groups (broad SMARTS) is 1. The first-order valence-electron chi connectivity index (χ1n) is 12.2. The molecular formula is C26H36N2O3. The molecule has 2 unspecified atom stereocenters. The third kappa shape index (κ3) is 4.09. The quantitative estimate of drug-likeness (QED) is 0.655. The number of aromatic amines is 1. The molecular weight excluding hydrogens is 388 g/mol. The number of nitrogens with zero attached hydrogens (tertiary/aromatic N) is 1. The first-order valence-corrected chi connectivity index (χ1v) is 12.2. The van der Waals surface area contributed by atoms with Crippen LogP contribution < -0.4 is 4.74 Å². The Balaban J connectivity index is 1.40. The summed E-state index contributed by atoms with van der Waals surface area (Å²) < 4.78 is 5.83. The number of H-pyrrole nitrogens is 1. The van der Waals surface area contributed by atoms with Gasteiger partial charge in [-0.15, -0.1) is 0 Å². The molecule has 2 atom stereocenters. The molecule has 2 heterocycles. The van der Waals surface area contributed by atoms with Crippen LogP contribution in [0.1, 0.15) is 62.5 Å². The predicted molar refractivity (Wildman–Crippen MR) is 122 cm³/mol. The lowest BCUT2D eigenvalue weighted by atomic mass is 9.73. The molecule has 3 aliphatic rings. The molecule has 0 spiro atoms. The molecule has 2 aliphatic carbocycles. The Morgan fingerprint density at radius 3 is 2.55 bits per heavy atom. The van der Waals surface area contributed by atoms with Gasteiger partial charge in [0.2, 0.25) is 0 Å². The van der Waals surface area contributed by atoms with E-state index < -0.39 is 5.97 Å². The number of carbonyl (C=O) groups is 1. The van der Waals surface area contributed by atoms with E-state index in [1.54, 1.807) is 7.11 Å². The van der Waals surface area contributed by atoms with Crippen molar-refractivity contribution in [1.82, 2.24) is 9.88 Å². The van der Waals surface area contributed by atoms with Crippen molar-refractivity contribution in [2.75, 3.05) is 13.7 Å². The van der Waals surface area contributed by atoms with Crippen molar-refractivity contribution in [3.05, 3.63) is 29.5 Å². The van der Waals surface area contributed by atoms with Gasteiger partial charge in [0, 0.05) is 35.2 Å². The average Bonchev–Trinajstić information content (AvgIpc) is 3.51. The van der Waals surface area contributed by atoms with Gasteiger partial charge in [-0.2, -0.15) is 0 Å². The number of fused-ring (bicyclic) bond motifs is 1. The maximum absolute atomic E-state index is 11.5. The van der Waals surface area contributed by atoms with Crippen molar-refractivity contribution in [2.24, 2.45) is 23.7 Å². The molecule has 0 radical (unpaired) electrons. The maximum atomic E-state index is 11.5. The van der Waals surface area contributed by atoms with Gasteiger partial charge >= 0.3 is 5.97 Å². The number of hydrogen-bond acceptors (Lipinski definition) is 3. The SMILES string of the molecule is COc1cc(C)c2[nH]ccc2c1CN1CCC(C2CC2)CC1C1CCC(C(=O)O)CC1. The van der Waals surface area contributed by atoms with E-state index >= 15 is 0 Å². The van der Waals surface area contributed by atoms with Gasteiger partial charge in [0.15, 0.2) is 0 Å². The van der Waals surface area contributed by atoms with E-state index in [4.69, 9.17) is 4.74 Å². The van der Waals surface area contributed by atoms with Crippen LogP contribution in [0, 0.1) is 30.6 Å². The minimum atomic E-state index is -0.603. The van der Waals surface area contributed by atoms with Crippen LogP contribution in [0.25, 0.3) is 10.9 Å². The molecule has 2 N–H and O–H groups in total. The van der Waals surface area contributed by atoms with E-state index in [0.717, 1.165) is 56.4 Å². The largest absolute Gasteiger partial charge is 0.496 e. The summed E-state index contributed by atoms with van der Waals surface area (Å²) in [5, 5.41) is 10.7. The molecule has 0 amide bonds. The average molecular weight is 425 g/mol. The first-order chi connectivity index (χ1) is 15.0. The molecule has 5 rings (SSSR count). The number of methoxy groups -OCH3 is 1. The molecule has 2 saturated carbocycles. The Hall–Kier alpha value is -2.01. The molecule has 31 heavy (non-hydrogen) atoms. The minimum Gasteiger partial charge on any atom is -0.496 e. The zero-order valence-corrected chi connectivity index (χ0v) is 18.9. The smallest absolute Gasteiger partial charge is 0.306 e. The number of aryl methyl sites for hydroxylation is 1. The Morgan fingerprint density at radius 1 is 1.13 bits per heavy atom. The Bertz CT molecular complexity index is 940. The number of rotatable bonds is 6. The summed E-state index contributed by atoms with van der Waals surface area (Å²) in [6.45, 7) is 4.20. The summed E-state index contributed by atoms with van der Waals surface area (Å²) in [6, 6.07) is 4.91. The van der Waals surface area contributed by atoms with Crippen LogP contribution >= 0.6 is 0 Å². The van der Waals surface area contributed by atoms with Crippen molar-refractivity contribution in [3.63, 3.8) is 0 Å². The topological polar surface area (TPSA) is 65.6 Å². The summed E-state index contributed by atoms with van der Waals surface area (Å²) in [7, 11) is 1.78. The van der Waals surface area contributed by atoms with Crippen LogP contribution in [0.4, 0.5) is 0 Å². The van der Waals surface area contributed by atoms with E-state index in [9.17, 15) is 9.90 Å². The second-order valence-corrected chi connectivity index (χ2v) is 10.3. The third-order valence-corrected chi connectivity index (χ3v) is 8.45. The fraction of sp³-hybridized carbons (Fsp3) is 0.654. The Morgan fingerprint density at radius 2 is 1.87 bits per heavy atom. The second kappa shape index (κ2) is 8.50. The highest BCUT2D eigenvalue weighted by Crippen LogP contribution is 2.47. The number of piperidine rings is 1. The minimum absolute atomic E-state index is 0.135. The maximum Gasteiger partial charge on any atom is 0.306 e. The van der Waals surface area contributed by atoms with Gasteiger partial charge in [-0.25, -0.2) is 0 Å². The van der Waals surface area contributed by atoms with Crippen LogP contribution in [0.3, 0.4) is 0 Å². The molecule has 1 aromatic carbocycles. The molecule has 1 aliphatic heterocycles. The van der Waals surface area contributed by atoms with Crippen LogP contribution in [0.2, 0.25) is 0 Å². The predicted octanol–water partition coefficient (Wildman–Crippen LogP) is 5.37. The Kier molecular flexibility index (Phi) is 5.72. The van der Waals surface area contributed by atoms with Gasteiger partial charge < -0.3 is 14.8 Å². The van der Waals surface area contributed by atoms with Crippen LogP contribution in [0.5, 0.6) is 5.75 Å². The van der Waals surface area contributed by atoms with Crippen molar-refractivity contribution in [2.45, 2.75) is 70.9 Å². The lowest BCUT2D eigenvalue weighted by molar-refractivity contribution is -0.143. The monoisotopic (exact) mass is 424 g/mol. The third-order valence-electron chi connectivity index (χ3n) is 8.45. The van der Waals surface area contributed by atoms with E-state index in [2.05, 4.69) is 28.9 Å². The van der Waals surface area contributed by atoms with E-state index in [1.165, 1.54) is 47.7 Å². The zero-order valence-electron chi connectivity index (χ0n) is 18.9. The van der Waals surface area contributed by atoms with Crippen LogP contribution in [0.15, 0.2) is 18.3 Å². The highest BCUT2D eigenvalue weighted by molar-refractivity contribution is 5.88. The van der Waals surface area contributed by atoms with Gasteiger partial charge in [-0.3, -0.25) is 9.69 Å². The molecule has 3 fully saturated rings. The number of hydrogen-bond donors (Lipinski definition) is 2. The molecule has 5 nitrogen and oxygen atoms in total. The number of nitrogens with one attached hydrogen (secondary N) is 1. The number of likely N-dealkylation sites (tertiary alicyclic amines) is 1. The molecule has 2 aromatic rings. The van der Waals surface area contributed by atoms with E-state index in [0.29, 0.717) is 12.0 Å². The van der Waals surface area contributed by atoms with Crippen LogP contribution in [-0.4, -0.2) is 40.7 Å². The molecule has 5 heteroatoms. The zero-order chi connectivity index (χ0) is 21.5. The van der Waals surface area contributed by atoms with Crippen molar-refractivity contribution >= 4 is 16.9 Å². The highest BCUT2D eigenvalue weighted by atomic mass is 16.5. The standard InChI is InChI=1S/C26H36N2O3/c1-16-13-24(31-2)22(21-9-11-27-25(16)21)15-28-12-10-20(17-3-4-17)14-23(28)18-5-7-19(8-6-18)26(29)30/h9,11,13,17-20,23,27H,3-8,10,12,14-15H2,1-2H3,(H,29,30). The van der Waals surface area contributed by atoms with Crippen LogP contribution in [-0.2, 0) is 11.3 Å². The second-order valence-electron chi connectivity index (χ2n) is 10.3. The number of aliphatic carboxylic acids is 1. The summed E-state index contributed by atoms with van der Waals surface area (Å²) in [5.74, 6) is 2.69. The van der Waals surface area contributed by atoms with Gasteiger partial charge in [-0.1, -0.05) is 0 Å². The van der Waals surface area contributed by atoms with Crippen molar-refractivity contribution in [3.8, 4) is 5.75 Å². The summed E-state index contributed by atoms with van der Waals surface area (Å²) in [4.78, 5) is 17.6. The van der Waals surface area contributed by atoms with E-state index in [1.807, 2.05) is 6.20 Å². The lowest BCUT2D eigenvalue weighted by Crippen LogP contribution is -2.47. The molecule has 168 valence electrons. The van der Waals surface area contributed by atoms with Gasteiger partial charge in [-0.05, 0) is 100 Å². The van der Waals surface area contributed by atoms with Gasteiger partial charge in [0.1, 0.15) is 5.75 Å². The normalized spacial score (nSPS) is 29.9. The lowest BCUT2D eigenvalue weighted by Gasteiger charge is -2.45. The van der Waals surface area contributed by atoms with Gasteiger partial charge in [0.05, 0.1) is 13.0 Å². The molecule has 0 bridgehead atoms. The highest BCUT2D eigenvalue weighted by Gasteiger charge is 2.41. The summed E-state index contributed by atoms with van der Waals surface area (Å²) >= 11 is 0. The molecule has 1 aromatic heterocycles.